The Morgan fingerprint density at radius 2 is 0.737 bits per heavy atom. The summed E-state index contributed by atoms with van der Waals surface area (Å²) in [5.74, 6) is 0. The molecule has 0 aliphatic heterocycles. The lowest BCUT2D eigenvalue weighted by Crippen LogP contribution is -2.67. The highest BCUT2D eigenvalue weighted by atomic mass is 15.4. The molecule has 0 fully saturated rings. The maximum atomic E-state index is 2.38. The van der Waals surface area contributed by atoms with Crippen molar-refractivity contribution < 1.29 is 13.4 Å². The van der Waals surface area contributed by atoms with Gasteiger partial charge < -0.3 is 13.4 Å². The van der Waals surface area contributed by atoms with Crippen LogP contribution in [0.5, 0.6) is 0 Å². The van der Waals surface area contributed by atoms with Crippen LogP contribution in [0.4, 0.5) is 0 Å². The van der Waals surface area contributed by atoms with E-state index in [2.05, 4.69) is 84.1 Å². The lowest BCUT2D eigenvalue weighted by Gasteiger charge is -2.49. The lowest BCUT2D eigenvalue weighted by molar-refractivity contribution is -0.999. The van der Waals surface area contributed by atoms with E-state index in [9.17, 15) is 0 Å². The second-order valence-electron chi connectivity index (χ2n) is 9.90. The molecule has 0 aromatic rings. The summed E-state index contributed by atoms with van der Waals surface area (Å²) >= 11 is 0. The van der Waals surface area contributed by atoms with E-state index < -0.39 is 0 Å². The quantitative estimate of drug-likeness (QED) is 0.650. The normalized spacial score (nSPS) is 15.8. The molecule has 0 aliphatic rings. The molecule has 0 saturated carbocycles. The Labute approximate surface area is 122 Å². The van der Waals surface area contributed by atoms with Gasteiger partial charge in [-0.05, 0) is 27.7 Å². The number of likely N-dealkylation sites (N-methyl/N-ethyl adjacent to an activating group) is 3. The number of quaternary nitrogens is 3. The Kier molecular flexibility index (Phi) is 4.98. The van der Waals surface area contributed by atoms with Gasteiger partial charge in [-0.3, -0.25) is 0 Å². The van der Waals surface area contributed by atoms with E-state index in [1.54, 1.807) is 0 Å². The minimum Gasteiger partial charge on any atom is -0.322 e. The van der Waals surface area contributed by atoms with Crippen molar-refractivity contribution >= 4 is 0 Å². The van der Waals surface area contributed by atoms with Crippen LogP contribution >= 0.6 is 0 Å². The standard InChI is InChI=1S/C16H40N3/c1-15(2,17(5,6)7)13-19(11,12)14-16(3,4)18(8,9)10/h13-14H2,1-12H3/q+3. The van der Waals surface area contributed by atoms with Gasteiger partial charge in [0, 0.05) is 0 Å². The molecule has 0 heterocycles. The van der Waals surface area contributed by atoms with Crippen molar-refractivity contribution in [2.45, 2.75) is 38.8 Å². The molecule has 3 nitrogen and oxygen atoms in total. The fourth-order valence-electron chi connectivity index (χ4n) is 2.58. The molecule has 0 unspecified atom stereocenters. The lowest BCUT2D eigenvalue weighted by atomic mass is 9.95. The van der Waals surface area contributed by atoms with Crippen LogP contribution in [0.2, 0.25) is 0 Å². The molecule has 0 aromatic carbocycles. The Hall–Kier alpha value is -0.120. The first-order chi connectivity index (χ1) is 7.91. The average molecular weight is 275 g/mol. The van der Waals surface area contributed by atoms with Crippen LogP contribution in [0, 0.1) is 0 Å². The fourth-order valence-corrected chi connectivity index (χ4v) is 2.58. The highest BCUT2D eigenvalue weighted by Gasteiger charge is 2.45. The Bertz CT molecular complexity index is 271. The Balaban J connectivity index is 5.03. The summed E-state index contributed by atoms with van der Waals surface area (Å²) in [4.78, 5) is 0. The van der Waals surface area contributed by atoms with Crippen LogP contribution in [-0.4, -0.2) is 94.0 Å². The number of rotatable bonds is 6. The van der Waals surface area contributed by atoms with Crippen molar-refractivity contribution in [3.05, 3.63) is 0 Å². The maximum absolute atomic E-state index is 2.38. The van der Waals surface area contributed by atoms with Crippen molar-refractivity contribution in [3.63, 3.8) is 0 Å². The van der Waals surface area contributed by atoms with Gasteiger partial charge in [0.1, 0.15) is 24.2 Å². The first kappa shape index (κ1) is 18.9. The fraction of sp³-hybridized carbons (Fsp3) is 1.00. The topological polar surface area (TPSA) is 0 Å². The van der Waals surface area contributed by atoms with Crippen molar-refractivity contribution in [3.8, 4) is 0 Å². The molecule has 0 N–H and O–H groups in total. The molecule has 0 bridgehead atoms. The van der Waals surface area contributed by atoms with E-state index in [4.69, 9.17) is 0 Å². The average Bonchev–Trinajstić information content (AvgIpc) is 1.93. The second kappa shape index (κ2) is 5.01. The van der Waals surface area contributed by atoms with Crippen molar-refractivity contribution in [1.29, 1.82) is 0 Å². The van der Waals surface area contributed by atoms with Crippen LogP contribution in [0.25, 0.3) is 0 Å². The van der Waals surface area contributed by atoms with E-state index in [1.165, 1.54) is 13.1 Å². The van der Waals surface area contributed by atoms with E-state index in [1.807, 2.05) is 0 Å². The van der Waals surface area contributed by atoms with E-state index in [-0.39, 0.29) is 11.1 Å². The summed E-state index contributed by atoms with van der Waals surface area (Å²) in [5, 5.41) is 0. The largest absolute Gasteiger partial charge is 0.322 e. The van der Waals surface area contributed by atoms with E-state index in [0.717, 1.165) is 13.4 Å². The molecule has 0 spiro atoms. The zero-order chi connectivity index (χ0) is 15.9. The molecule has 0 rings (SSSR count). The van der Waals surface area contributed by atoms with E-state index >= 15 is 0 Å². The van der Waals surface area contributed by atoms with Gasteiger partial charge in [0.05, 0.1) is 56.4 Å². The van der Waals surface area contributed by atoms with Crippen LogP contribution in [-0.2, 0) is 0 Å². The first-order valence-corrected chi connectivity index (χ1v) is 7.36. The maximum Gasteiger partial charge on any atom is 0.142 e. The van der Waals surface area contributed by atoms with Crippen molar-refractivity contribution in [2.75, 3.05) is 69.5 Å². The molecule has 3 heteroatoms. The molecule has 0 radical (unpaired) electrons. The molecule has 116 valence electrons. The summed E-state index contributed by atoms with van der Waals surface area (Å²) in [5.41, 5.74) is 0.537. The molecule has 19 heavy (non-hydrogen) atoms. The number of nitrogens with zero attached hydrogens (tertiary/aromatic N) is 3. The number of hydrogen-bond donors (Lipinski definition) is 0. The van der Waals surface area contributed by atoms with Gasteiger partial charge in [0.15, 0.2) is 0 Å². The summed E-state index contributed by atoms with van der Waals surface area (Å²) in [6.07, 6.45) is 0. The predicted octanol–water partition coefficient (Wildman–Crippen LogP) is 2.03. The minimum absolute atomic E-state index is 0.268. The van der Waals surface area contributed by atoms with Gasteiger partial charge in [-0.1, -0.05) is 0 Å². The van der Waals surface area contributed by atoms with Gasteiger partial charge >= 0.3 is 0 Å². The van der Waals surface area contributed by atoms with Crippen LogP contribution in [0.15, 0.2) is 0 Å². The molecular formula is C16H40N3+3. The van der Waals surface area contributed by atoms with Gasteiger partial charge in [-0.15, -0.1) is 0 Å². The highest BCUT2D eigenvalue weighted by molar-refractivity contribution is 4.72. The third kappa shape index (κ3) is 5.05. The Morgan fingerprint density at radius 1 is 0.526 bits per heavy atom. The van der Waals surface area contributed by atoms with Crippen LogP contribution in [0.3, 0.4) is 0 Å². The summed E-state index contributed by atoms with van der Waals surface area (Å²) in [6, 6.07) is 0. The molecular weight excluding hydrogens is 234 g/mol. The van der Waals surface area contributed by atoms with Crippen LogP contribution in [0.1, 0.15) is 27.7 Å². The van der Waals surface area contributed by atoms with Crippen LogP contribution < -0.4 is 0 Å². The van der Waals surface area contributed by atoms with Crippen molar-refractivity contribution in [1.82, 2.24) is 0 Å². The predicted molar refractivity (Wildman–Crippen MR) is 86.1 cm³/mol. The minimum atomic E-state index is 0.268. The first-order valence-electron chi connectivity index (χ1n) is 7.36. The molecule has 0 amide bonds. The van der Waals surface area contributed by atoms with Gasteiger partial charge in [0.25, 0.3) is 0 Å². The zero-order valence-electron chi connectivity index (χ0n) is 15.8. The molecule has 0 atom stereocenters. The highest BCUT2D eigenvalue weighted by Crippen LogP contribution is 2.26. The molecule has 0 aliphatic carbocycles. The zero-order valence-corrected chi connectivity index (χ0v) is 15.8. The second-order valence-corrected chi connectivity index (χ2v) is 9.90. The monoisotopic (exact) mass is 274 g/mol. The van der Waals surface area contributed by atoms with Gasteiger partial charge in [-0.25, -0.2) is 0 Å². The van der Waals surface area contributed by atoms with E-state index in [0.29, 0.717) is 0 Å². The third-order valence-electron chi connectivity index (χ3n) is 5.26. The number of hydrogen-bond acceptors (Lipinski definition) is 0. The SMILES string of the molecule is CC(C)(C[N+](C)(C)CC(C)(C)[N+](C)(C)C)[N+](C)(C)C. The smallest absolute Gasteiger partial charge is 0.142 e. The summed E-state index contributed by atoms with van der Waals surface area (Å²) in [6.45, 7) is 11.9. The third-order valence-corrected chi connectivity index (χ3v) is 5.26. The summed E-state index contributed by atoms with van der Waals surface area (Å²) in [7, 11) is 18.5. The Morgan fingerprint density at radius 3 is 0.895 bits per heavy atom. The van der Waals surface area contributed by atoms with Gasteiger partial charge in [-0.2, -0.15) is 0 Å². The summed E-state index contributed by atoms with van der Waals surface area (Å²) < 4.78 is 3.06. The molecule has 0 saturated heterocycles. The van der Waals surface area contributed by atoms with Gasteiger partial charge in [0.2, 0.25) is 0 Å². The van der Waals surface area contributed by atoms with Crippen molar-refractivity contribution in [2.24, 2.45) is 0 Å². The molecule has 0 aromatic heterocycles.